The molecule has 0 saturated carbocycles. The Morgan fingerprint density at radius 3 is 1.55 bits per heavy atom. The molecule has 1 fully saturated rings. The SMILES string of the molecule is COc1cc2c(Oc3ccc4c(c3)C(C)=C(C)C4)ncnc2cc1OCCCl.COc1cc2c(Oc3ccc4c(c3)C(C)=C(C)C4)ncnc2cc1OCCN1CCN(CC(C)=O)CC1. The Morgan fingerprint density at radius 2 is 1.09 bits per heavy atom. The van der Waals surface area contributed by atoms with Crippen molar-refractivity contribution >= 4 is 50.3 Å². The molecule has 0 N–H and O–H groups in total. The number of halogens is 1. The van der Waals surface area contributed by atoms with Crippen molar-refractivity contribution in [3.05, 3.63) is 107 Å². The maximum absolute atomic E-state index is 11.3. The number of Topliss-reactive ketones (excluding diaryl/α,β-unsaturated/α-hetero) is 1. The molecule has 0 bridgehead atoms. The molecule has 0 radical (unpaired) electrons. The van der Waals surface area contributed by atoms with Gasteiger partial charge in [-0.3, -0.25) is 14.6 Å². The van der Waals surface area contributed by atoms with Crippen LogP contribution in [0.2, 0.25) is 0 Å². The van der Waals surface area contributed by atoms with Crippen LogP contribution in [-0.2, 0) is 17.6 Å². The Labute approximate surface area is 385 Å². The molecule has 9 rings (SSSR count). The molecule has 13 nitrogen and oxygen atoms in total. The average molecular weight is 899 g/mol. The van der Waals surface area contributed by atoms with Gasteiger partial charge in [0.25, 0.3) is 0 Å². The zero-order valence-electron chi connectivity index (χ0n) is 38.1. The molecule has 1 aliphatic heterocycles. The number of ether oxygens (including phenoxy) is 6. The number of hydrogen-bond acceptors (Lipinski definition) is 13. The molecule has 6 aromatic rings. The Hall–Kier alpha value is -6.28. The van der Waals surface area contributed by atoms with Gasteiger partial charge in [-0.2, -0.15) is 0 Å². The second-order valence-electron chi connectivity index (χ2n) is 16.6. The van der Waals surface area contributed by atoms with Crippen LogP contribution >= 0.6 is 11.6 Å². The maximum Gasteiger partial charge on any atom is 0.230 e. The summed E-state index contributed by atoms with van der Waals surface area (Å²) in [4.78, 5) is 33.4. The van der Waals surface area contributed by atoms with E-state index in [1.165, 1.54) is 57.2 Å². The number of rotatable bonds is 15. The van der Waals surface area contributed by atoms with Gasteiger partial charge in [0.15, 0.2) is 23.0 Å². The second kappa shape index (κ2) is 20.3. The van der Waals surface area contributed by atoms with Crippen molar-refractivity contribution in [1.29, 1.82) is 0 Å². The Kier molecular flexibility index (Phi) is 14.1. The van der Waals surface area contributed by atoms with Crippen molar-refractivity contribution in [1.82, 2.24) is 29.7 Å². The summed E-state index contributed by atoms with van der Waals surface area (Å²) < 4.78 is 35.2. The number of carbonyl (C=O) groups is 1. The maximum atomic E-state index is 11.3. The average Bonchev–Trinajstić information content (AvgIpc) is 3.76. The number of nitrogens with zero attached hydrogens (tertiary/aromatic N) is 6. The molecular weight excluding hydrogens is 844 g/mol. The standard InChI is InChI=1S/C29H34N4O4.C22H21ClN2O3/c1-19-13-22-5-6-23(14-24(22)21(19)3)37-29-25-15-27(35-4)28(16-26(25)30-18-31-29)36-12-11-32-7-9-33(10-8-32)17-20(2)34;1-13-8-15-4-5-16(9-17(15)14(13)2)28-22-18-10-20(26-3)21(27-7-6-23)11-19(18)24-12-25-22/h5-6,14-16,18H,7-13,17H2,1-4H3;4-5,9-12H,6-8H2,1-3H3. The highest BCUT2D eigenvalue weighted by Crippen LogP contribution is 2.41. The predicted octanol–water partition coefficient (Wildman–Crippen LogP) is 9.76. The molecule has 3 aliphatic rings. The number of benzene rings is 4. The van der Waals surface area contributed by atoms with Gasteiger partial charge in [-0.05, 0) is 117 Å². The van der Waals surface area contributed by atoms with Gasteiger partial charge in [0.1, 0.15) is 43.2 Å². The van der Waals surface area contributed by atoms with Crippen molar-refractivity contribution < 1.29 is 33.2 Å². The van der Waals surface area contributed by atoms with E-state index in [-0.39, 0.29) is 5.78 Å². The fraction of sp³-hybridized carbons (Fsp3) is 0.353. The quantitative estimate of drug-likeness (QED) is 0.0908. The lowest BCUT2D eigenvalue weighted by atomic mass is 10.1. The minimum atomic E-state index is 0.215. The number of alkyl halides is 1. The molecule has 0 unspecified atom stereocenters. The summed E-state index contributed by atoms with van der Waals surface area (Å²) in [6, 6.07) is 19.8. The minimum absolute atomic E-state index is 0.215. The van der Waals surface area contributed by atoms with E-state index < -0.39 is 0 Å². The van der Waals surface area contributed by atoms with Crippen LogP contribution in [0.3, 0.4) is 0 Å². The van der Waals surface area contributed by atoms with E-state index in [1.54, 1.807) is 21.1 Å². The second-order valence-corrected chi connectivity index (χ2v) is 17.0. The lowest BCUT2D eigenvalue weighted by Gasteiger charge is -2.34. The van der Waals surface area contributed by atoms with Gasteiger partial charge in [-0.1, -0.05) is 23.3 Å². The van der Waals surface area contributed by atoms with Crippen molar-refractivity contribution in [2.75, 3.05) is 72.6 Å². The topological polar surface area (TPSA) is 130 Å². The first-order valence-electron chi connectivity index (χ1n) is 21.9. The molecule has 14 heteroatoms. The van der Waals surface area contributed by atoms with Crippen LogP contribution in [0.15, 0.2) is 84.5 Å². The van der Waals surface area contributed by atoms with Gasteiger partial charge in [-0.15, -0.1) is 11.6 Å². The van der Waals surface area contributed by atoms with Gasteiger partial charge < -0.3 is 28.4 Å². The summed E-state index contributed by atoms with van der Waals surface area (Å²) in [5.74, 6) is 5.49. The molecule has 2 aliphatic carbocycles. The fourth-order valence-corrected chi connectivity index (χ4v) is 8.55. The van der Waals surface area contributed by atoms with Crippen molar-refractivity contribution in [2.45, 2.75) is 47.5 Å². The third kappa shape index (κ3) is 10.3. The molecular formula is C51H55ClN6O7. The molecule has 2 aromatic heterocycles. The van der Waals surface area contributed by atoms with Crippen molar-refractivity contribution in [3.63, 3.8) is 0 Å². The smallest absolute Gasteiger partial charge is 0.230 e. The fourth-order valence-electron chi connectivity index (χ4n) is 8.47. The summed E-state index contributed by atoms with van der Waals surface area (Å²) >= 11 is 5.73. The van der Waals surface area contributed by atoms with E-state index >= 15 is 0 Å². The Morgan fingerprint density at radius 1 is 0.615 bits per heavy atom. The van der Waals surface area contributed by atoms with Crippen molar-refractivity contribution in [2.24, 2.45) is 0 Å². The zero-order chi connectivity index (χ0) is 45.6. The first-order valence-corrected chi connectivity index (χ1v) is 22.4. The van der Waals surface area contributed by atoms with Crippen LogP contribution in [0.1, 0.15) is 56.9 Å². The largest absolute Gasteiger partial charge is 0.493 e. The summed E-state index contributed by atoms with van der Waals surface area (Å²) in [7, 11) is 3.22. The molecule has 338 valence electrons. The Balaban J connectivity index is 0.000000184. The lowest BCUT2D eigenvalue weighted by Crippen LogP contribution is -2.48. The summed E-state index contributed by atoms with van der Waals surface area (Å²) in [5.41, 5.74) is 12.0. The number of ketones is 1. The van der Waals surface area contributed by atoms with E-state index in [1.807, 2.05) is 36.4 Å². The number of fused-ring (bicyclic) bond motifs is 4. The van der Waals surface area contributed by atoms with Gasteiger partial charge in [0, 0.05) is 44.9 Å². The molecule has 4 aromatic carbocycles. The number of allylic oxidation sites excluding steroid dienone is 4. The molecule has 0 atom stereocenters. The third-order valence-electron chi connectivity index (χ3n) is 12.3. The Bertz CT molecular complexity index is 2800. The molecule has 0 spiro atoms. The molecule has 1 saturated heterocycles. The number of aromatic nitrogens is 4. The van der Waals surface area contributed by atoms with Crippen LogP contribution in [0, 0.1) is 0 Å². The highest BCUT2D eigenvalue weighted by atomic mass is 35.5. The van der Waals surface area contributed by atoms with E-state index in [0.717, 1.165) is 73.4 Å². The van der Waals surface area contributed by atoms with Crippen molar-refractivity contribution in [3.8, 4) is 46.3 Å². The van der Waals surface area contributed by atoms with Gasteiger partial charge in [0.05, 0.1) is 48.5 Å². The molecule has 3 heterocycles. The minimum Gasteiger partial charge on any atom is -0.493 e. The van der Waals surface area contributed by atoms with E-state index in [0.29, 0.717) is 65.9 Å². The van der Waals surface area contributed by atoms with Crippen LogP contribution < -0.4 is 28.4 Å². The molecule has 65 heavy (non-hydrogen) atoms. The van der Waals surface area contributed by atoms with Gasteiger partial charge in [-0.25, -0.2) is 19.9 Å². The number of hydrogen-bond donors (Lipinski definition) is 0. The van der Waals surface area contributed by atoms with Crippen LogP contribution in [-0.4, -0.2) is 108 Å². The highest BCUT2D eigenvalue weighted by molar-refractivity contribution is 6.18. The summed E-state index contributed by atoms with van der Waals surface area (Å²) in [5, 5.41) is 1.51. The first-order chi connectivity index (χ1) is 31.5. The van der Waals surface area contributed by atoms with E-state index in [9.17, 15) is 4.79 Å². The van der Waals surface area contributed by atoms with E-state index in [4.69, 9.17) is 40.0 Å². The van der Waals surface area contributed by atoms with Crippen LogP contribution in [0.25, 0.3) is 33.0 Å². The monoisotopic (exact) mass is 898 g/mol. The number of methoxy groups -OCH3 is 2. The first kappa shape index (κ1) is 45.3. The highest BCUT2D eigenvalue weighted by Gasteiger charge is 2.21. The van der Waals surface area contributed by atoms with E-state index in [2.05, 4.69) is 81.7 Å². The van der Waals surface area contributed by atoms with Gasteiger partial charge >= 0.3 is 0 Å². The predicted molar refractivity (Wildman–Crippen MR) is 254 cm³/mol. The summed E-state index contributed by atoms with van der Waals surface area (Å²) in [6.45, 7) is 16.2. The zero-order valence-corrected chi connectivity index (χ0v) is 38.9. The normalized spacial score (nSPS) is 14.8. The summed E-state index contributed by atoms with van der Waals surface area (Å²) in [6.07, 6.45) is 4.99. The van der Waals surface area contributed by atoms with Crippen LogP contribution in [0.4, 0.5) is 0 Å². The molecule has 0 amide bonds. The van der Waals surface area contributed by atoms with Crippen LogP contribution in [0.5, 0.6) is 46.3 Å². The lowest BCUT2D eigenvalue weighted by molar-refractivity contribution is -0.118. The van der Waals surface area contributed by atoms with Gasteiger partial charge in [0.2, 0.25) is 11.8 Å². The number of piperazine rings is 1. The number of carbonyl (C=O) groups excluding carboxylic acids is 1. The third-order valence-corrected chi connectivity index (χ3v) is 12.4.